The van der Waals surface area contributed by atoms with Crippen molar-refractivity contribution in [3.05, 3.63) is 0 Å². The summed E-state index contributed by atoms with van der Waals surface area (Å²) in [4.78, 5) is 11.1. The van der Waals surface area contributed by atoms with Gasteiger partial charge in [-0.2, -0.15) is 0 Å². The fourth-order valence-electron chi connectivity index (χ4n) is 8.19. The highest BCUT2D eigenvalue weighted by atomic mass is 16.5. The summed E-state index contributed by atoms with van der Waals surface area (Å²) in [6.45, 7) is 13.6. The number of aliphatic hydroxyl groups excluding tert-OH is 1. The van der Waals surface area contributed by atoms with Crippen LogP contribution in [0.25, 0.3) is 0 Å². The maximum Gasteiger partial charge on any atom is 0.303 e. The minimum absolute atomic E-state index is 0.187. The lowest BCUT2D eigenvalue weighted by Gasteiger charge is -2.54. The van der Waals surface area contributed by atoms with Gasteiger partial charge in [0, 0.05) is 13.0 Å². The van der Waals surface area contributed by atoms with E-state index >= 15 is 0 Å². The molecule has 0 aliphatic heterocycles. The third-order valence-corrected chi connectivity index (χ3v) is 10.3. The molecule has 3 aliphatic rings. The van der Waals surface area contributed by atoms with Crippen LogP contribution in [0.2, 0.25) is 0 Å². The molecule has 33 heavy (non-hydrogen) atoms. The van der Waals surface area contributed by atoms with Crippen LogP contribution in [-0.2, 0) is 14.3 Å². The Morgan fingerprint density at radius 3 is 2.55 bits per heavy atom. The first kappa shape index (κ1) is 26.9. The van der Waals surface area contributed by atoms with Gasteiger partial charge in [0.2, 0.25) is 0 Å². The van der Waals surface area contributed by atoms with Crippen LogP contribution in [0.3, 0.4) is 0 Å². The highest BCUT2D eigenvalue weighted by Gasteiger charge is 2.55. The Morgan fingerprint density at radius 1 is 1.12 bits per heavy atom. The SMILES string of the molecule is CCOCCOC1CCC2(C)CC(C3CCC(C(C)CCC(=O)O)C3(C)CC)C(O)CC2C1. The van der Waals surface area contributed by atoms with E-state index in [1.54, 1.807) is 0 Å². The largest absolute Gasteiger partial charge is 0.481 e. The van der Waals surface area contributed by atoms with Gasteiger partial charge in [-0.15, -0.1) is 0 Å². The number of fused-ring (bicyclic) bond motifs is 1. The molecule has 5 nitrogen and oxygen atoms in total. The summed E-state index contributed by atoms with van der Waals surface area (Å²) in [7, 11) is 0. The molecule has 0 aromatic heterocycles. The maximum atomic E-state index is 11.4. The van der Waals surface area contributed by atoms with Crippen LogP contribution in [-0.4, -0.2) is 48.2 Å². The molecule has 9 unspecified atom stereocenters. The smallest absolute Gasteiger partial charge is 0.303 e. The predicted octanol–water partition coefficient (Wildman–Crippen LogP) is 5.93. The molecule has 192 valence electrons. The second-order valence-electron chi connectivity index (χ2n) is 12.0. The summed E-state index contributed by atoms with van der Waals surface area (Å²) in [5, 5.41) is 20.6. The van der Waals surface area contributed by atoms with Crippen molar-refractivity contribution >= 4 is 5.97 Å². The summed E-state index contributed by atoms with van der Waals surface area (Å²) in [6, 6.07) is 0. The average molecular weight is 467 g/mol. The molecule has 3 saturated carbocycles. The average Bonchev–Trinajstić information content (AvgIpc) is 3.12. The second kappa shape index (κ2) is 11.4. The van der Waals surface area contributed by atoms with E-state index in [0.717, 1.165) is 45.1 Å². The summed E-state index contributed by atoms with van der Waals surface area (Å²) in [5.41, 5.74) is 0.484. The van der Waals surface area contributed by atoms with Crippen molar-refractivity contribution in [2.45, 2.75) is 111 Å². The van der Waals surface area contributed by atoms with E-state index in [2.05, 4.69) is 27.7 Å². The van der Waals surface area contributed by atoms with E-state index in [0.29, 0.717) is 54.3 Å². The van der Waals surface area contributed by atoms with E-state index in [1.165, 1.54) is 19.3 Å². The van der Waals surface area contributed by atoms with Gasteiger partial charge in [0.15, 0.2) is 0 Å². The highest BCUT2D eigenvalue weighted by molar-refractivity contribution is 5.66. The van der Waals surface area contributed by atoms with Gasteiger partial charge in [0.25, 0.3) is 0 Å². The zero-order chi connectivity index (χ0) is 24.2. The van der Waals surface area contributed by atoms with Crippen molar-refractivity contribution in [3.8, 4) is 0 Å². The Kier molecular flexibility index (Phi) is 9.30. The number of hydrogen-bond acceptors (Lipinski definition) is 4. The summed E-state index contributed by atoms with van der Waals surface area (Å²) < 4.78 is 11.6. The number of aliphatic hydroxyl groups is 1. The van der Waals surface area contributed by atoms with Crippen LogP contribution in [0.1, 0.15) is 98.8 Å². The van der Waals surface area contributed by atoms with Gasteiger partial charge in [-0.25, -0.2) is 0 Å². The zero-order valence-electron chi connectivity index (χ0n) is 21.9. The Balaban J connectivity index is 1.64. The van der Waals surface area contributed by atoms with Crippen molar-refractivity contribution in [1.82, 2.24) is 0 Å². The number of hydrogen-bond donors (Lipinski definition) is 2. The van der Waals surface area contributed by atoms with E-state index in [-0.39, 0.29) is 17.9 Å². The first-order valence-corrected chi connectivity index (χ1v) is 13.7. The molecule has 9 atom stereocenters. The molecule has 3 aliphatic carbocycles. The van der Waals surface area contributed by atoms with Crippen LogP contribution in [0, 0.1) is 40.4 Å². The molecule has 0 radical (unpaired) electrons. The second-order valence-corrected chi connectivity index (χ2v) is 12.0. The number of carbonyl (C=O) groups is 1. The molecule has 0 amide bonds. The quantitative estimate of drug-likeness (QED) is 0.369. The lowest BCUT2D eigenvalue weighted by atomic mass is 9.52. The topological polar surface area (TPSA) is 76.0 Å². The normalized spacial score (nSPS) is 42.1. The van der Waals surface area contributed by atoms with Crippen molar-refractivity contribution < 1.29 is 24.5 Å². The van der Waals surface area contributed by atoms with Crippen LogP contribution in [0.5, 0.6) is 0 Å². The van der Waals surface area contributed by atoms with Gasteiger partial charge >= 0.3 is 5.97 Å². The lowest BCUT2D eigenvalue weighted by molar-refractivity contribution is -0.137. The molecular formula is C28H50O5. The molecule has 0 saturated heterocycles. The molecule has 0 bridgehead atoms. The summed E-state index contributed by atoms with van der Waals surface area (Å²) in [5.74, 6) is 1.72. The molecule has 3 rings (SSSR count). The third kappa shape index (κ3) is 5.95. The van der Waals surface area contributed by atoms with Gasteiger partial charge in [0.05, 0.1) is 25.4 Å². The molecule has 3 fully saturated rings. The Hall–Kier alpha value is -0.650. The van der Waals surface area contributed by atoms with Crippen molar-refractivity contribution in [3.63, 3.8) is 0 Å². The number of carboxylic acids is 1. The number of carboxylic acid groups (broad SMARTS) is 1. The molecule has 2 N–H and O–H groups in total. The van der Waals surface area contributed by atoms with Crippen LogP contribution in [0.4, 0.5) is 0 Å². The summed E-state index contributed by atoms with van der Waals surface area (Å²) >= 11 is 0. The number of rotatable bonds is 11. The van der Waals surface area contributed by atoms with E-state index in [1.807, 2.05) is 6.92 Å². The first-order chi connectivity index (χ1) is 15.6. The minimum atomic E-state index is -0.686. The number of ether oxygens (including phenoxy) is 2. The minimum Gasteiger partial charge on any atom is -0.481 e. The first-order valence-electron chi connectivity index (χ1n) is 13.7. The summed E-state index contributed by atoms with van der Waals surface area (Å²) in [6.07, 6.45) is 9.97. The molecule has 5 heteroatoms. The van der Waals surface area contributed by atoms with Crippen LogP contribution in [0.15, 0.2) is 0 Å². The predicted molar refractivity (Wildman–Crippen MR) is 131 cm³/mol. The molecule has 0 aromatic carbocycles. The highest BCUT2D eigenvalue weighted by Crippen LogP contribution is 2.62. The third-order valence-electron chi connectivity index (χ3n) is 10.3. The molecule has 0 aromatic rings. The van der Waals surface area contributed by atoms with Crippen LogP contribution >= 0.6 is 0 Å². The fraction of sp³-hybridized carbons (Fsp3) is 0.964. The van der Waals surface area contributed by atoms with Gasteiger partial charge < -0.3 is 19.7 Å². The van der Waals surface area contributed by atoms with Gasteiger partial charge in [-0.3, -0.25) is 4.79 Å². The standard InChI is InChI=1S/C28H50O5/c1-6-28(5)23(19(3)8-11-26(30)31)9-10-24(28)22-18-27(4)13-12-21(33-15-14-32-7-2)16-20(27)17-25(22)29/h19-25,29H,6-18H2,1-5H3,(H,30,31). The van der Waals surface area contributed by atoms with Gasteiger partial charge in [-0.1, -0.05) is 34.1 Å². The number of aliphatic carboxylic acids is 1. The van der Waals surface area contributed by atoms with Crippen molar-refractivity contribution in [2.24, 2.45) is 40.4 Å². The Morgan fingerprint density at radius 2 is 1.88 bits per heavy atom. The van der Waals surface area contributed by atoms with Crippen molar-refractivity contribution in [1.29, 1.82) is 0 Å². The molecular weight excluding hydrogens is 416 g/mol. The lowest BCUT2D eigenvalue weighted by Crippen LogP contribution is -2.50. The van der Waals surface area contributed by atoms with Gasteiger partial charge in [-0.05, 0) is 98.7 Å². The molecule has 0 heterocycles. The van der Waals surface area contributed by atoms with Gasteiger partial charge in [0.1, 0.15) is 0 Å². The monoisotopic (exact) mass is 466 g/mol. The Bertz CT molecular complexity index is 638. The van der Waals surface area contributed by atoms with Crippen molar-refractivity contribution in [2.75, 3.05) is 19.8 Å². The van der Waals surface area contributed by atoms with E-state index in [4.69, 9.17) is 14.6 Å². The maximum absolute atomic E-state index is 11.4. The zero-order valence-corrected chi connectivity index (χ0v) is 21.9. The molecule has 0 spiro atoms. The Labute approximate surface area is 202 Å². The van der Waals surface area contributed by atoms with Crippen LogP contribution < -0.4 is 0 Å². The van der Waals surface area contributed by atoms with E-state index in [9.17, 15) is 9.90 Å². The van der Waals surface area contributed by atoms with E-state index < -0.39 is 5.97 Å². The fourth-order valence-corrected chi connectivity index (χ4v) is 8.19.